The Morgan fingerprint density at radius 1 is 1.38 bits per heavy atom. The maximum Gasteiger partial charge on any atom is 1.00 e. The fraction of sp³-hybridized carbons (Fsp3) is 1.00. The third-order valence-corrected chi connectivity index (χ3v) is 0. The number of hydrogen-bond donors (Lipinski definition) is 1. The number of nitrogens with zero attached hydrogens (tertiary/aromatic N) is 3. The molecule has 0 aromatic heterocycles. The molecule has 0 saturated heterocycles. The Bertz CT molecular complexity index is 56.8. The zero-order valence-corrected chi connectivity index (χ0v) is 7.37. The van der Waals surface area contributed by atoms with Crippen molar-refractivity contribution in [3.05, 3.63) is 16.0 Å². The van der Waals surface area contributed by atoms with Crippen LogP contribution in [0.25, 0.3) is 16.0 Å². The van der Waals surface area contributed by atoms with Crippen LogP contribution < -0.4 is 29.6 Å². The smallest absolute Gasteiger partial charge is 0.394 e. The predicted octanol–water partition coefficient (Wildman–Crippen LogP) is -1.74. The van der Waals surface area contributed by atoms with Gasteiger partial charge in [0.15, 0.2) is 0 Å². The zero-order valence-electron chi connectivity index (χ0n) is 5.37. The molecule has 0 aromatic rings. The van der Waals surface area contributed by atoms with Gasteiger partial charge in [-0.05, 0) is 13.8 Å². The molecule has 0 aliphatic carbocycles. The van der Waals surface area contributed by atoms with E-state index in [-0.39, 0.29) is 35.7 Å². The molecule has 0 fully saturated rings. The molecule has 0 aromatic carbocycles. The molecule has 8 heavy (non-hydrogen) atoms. The fourth-order valence-electron chi connectivity index (χ4n) is 0. The molecule has 42 valence electrons. The van der Waals surface area contributed by atoms with E-state index in [2.05, 4.69) is 0 Å². The molecule has 0 aliphatic heterocycles. The molecule has 0 aliphatic rings. The molecule has 0 unspecified atom stereocenters. The van der Waals surface area contributed by atoms with Crippen LogP contribution in [0, 0.1) is 0 Å². The molecular weight excluding hydrogens is 117 g/mol. The first-order valence-electron chi connectivity index (χ1n) is 1.81. The van der Waals surface area contributed by atoms with Crippen LogP contribution in [0.15, 0.2) is 0 Å². The van der Waals surface area contributed by atoms with Crippen molar-refractivity contribution in [2.24, 2.45) is 0 Å². The van der Waals surface area contributed by atoms with Crippen LogP contribution in [0.4, 0.5) is 0 Å². The maximum atomic E-state index is 8.06. The van der Waals surface area contributed by atoms with Crippen LogP contribution in [0.2, 0.25) is 0 Å². The van der Waals surface area contributed by atoms with Gasteiger partial charge >= 0.3 is 29.6 Å². The quantitative estimate of drug-likeness (QED) is 0.177. The summed E-state index contributed by atoms with van der Waals surface area (Å²) >= 11 is 0. The van der Waals surface area contributed by atoms with Crippen LogP contribution in [0.5, 0.6) is 0 Å². The third-order valence-electron chi connectivity index (χ3n) is 0. The summed E-state index contributed by atoms with van der Waals surface area (Å²) in [7, 11) is 0. The molecule has 0 rings (SSSR count). The Labute approximate surface area is 70.6 Å². The predicted molar refractivity (Wildman–Crippen MR) is 27.4 cm³/mol. The number of aliphatic hydroxyl groups excluding tert-OH is 1. The first kappa shape index (κ1) is 15.7. The van der Waals surface area contributed by atoms with E-state index >= 15 is 0 Å². The number of rotatable bonds is 0. The van der Waals surface area contributed by atoms with Gasteiger partial charge in [-0.3, -0.25) is 4.91 Å². The van der Waals surface area contributed by atoms with E-state index in [4.69, 9.17) is 16.2 Å². The molecular formula is C3H8N3NaO. The van der Waals surface area contributed by atoms with Gasteiger partial charge in [-0.15, -0.1) is 0 Å². The fourth-order valence-corrected chi connectivity index (χ4v) is 0. The van der Waals surface area contributed by atoms with Gasteiger partial charge in [0.25, 0.3) is 0 Å². The summed E-state index contributed by atoms with van der Waals surface area (Å²) in [5, 5.41) is 8.06. The van der Waals surface area contributed by atoms with Crippen molar-refractivity contribution in [3.8, 4) is 0 Å². The molecule has 1 N–H and O–H groups in total. The van der Waals surface area contributed by atoms with Gasteiger partial charge in [-0.1, -0.05) is 0 Å². The molecule has 0 heterocycles. The van der Waals surface area contributed by atoms with Gasteiger partial charge < -0.3 is 16.2 Å². The topological polar surface area (TPSA) is 78.9 Å². The minimum Gasteiger partial charge on any atom is -0.394 e. The first-order valence-corrected chi connectivity index (χ1v) is 1.81. The van der Waals surface area contributed by atoms with E-state index in [1.54, 1.807) is 13.8 Å². The summed E-state index contributed by atoms with van der Waals surface area (Å²) in [6.45, 7) is 3.44. The van der Waals surface area contributed by atoms with Crippen LogP contribution in [-0.2, 0) is 0 Å². The van der Waals surface area contributed by atoms with Gasteiger partial charge in [0, 0.05) is 6.10 Å². The summed E-state index contributed by atoms with van der Waals surface area (Å²) in [5.41, 5.74) is 13.5. The van der Waals surface area contributed by atoms with E-state index in [9.17, 15) is 0 Å². The van der Waals surface area contributed by atoms with Gasteiger partial charge in [-0.25, -0.2) is 0 Å². The second kappa shape index (κ2) is 15.7. The molecule has 0 saturated carbocycles. The third kappa shape index (κ3) is 2390. The van der Waals surface area contributed by atoms with Crippen LogP contribution in [0.1, 0.15) is 13.8 Å². The number of aliphatic hydroxyl groups is 1. The van der Waals surface area contributed by atoms with Crippen LogP contribution in [0.3, 0.4) is 0 Å². The summed E-state index contributed by atoms with van der Waals surface area (Å²) in [6.07, 6.45) is -0.167. The van der Waals surface area contributed by atoms with E-state index in [1.807, 2.05) is 0 Å². The molecule has 0 spiro atoms. The standard InChI is InChI=1S/C3H8O.N3.Na/c1-3(2)4;1-3-2;/h3-4H,1-2H3;;/q;-1;+1. The molecule has 5 heteroatoms. The van der Waals surface area contributed by atoms with E-state index in [0.717, 1.165) is 0 Å². The van der Waals surface area contributed by atoms with Crippen molar-refractivity contribution in [1.82, 2.24) is 0 Å². The van der Waals surface area contributed by atoms with Crippen molar-refractivity contribution >= 4 is 0 Å². The van der Waals surface area contributed by atoms with Crippen LogP contribution in [-0.4, -0.2) is 11.2 Å². The molecule has 0 radical (unpaired) electrons. The Morgan fingerprint density at radius 2 is 1.38 bits per heavy atom. The van der Waals surface area contributed by atoms with E-state index in [1.165, 1.54) is 4.91 Å². The van der Waals surface area contributed by atoms with Crippen molar-refractivity contribution in [2.75, 3.05) is 0 Å². The van der Waals surface area contributed by atoms with Crippen molar-refractivity contribution < 1.29 is 34.7 Å². The Balaban J connectivity index is -0.0000000575. The van der Waals surface area contributed by atoms with Crippen LogP contribution >= 0.6 is 0 Å². The first-order chi connectivity index (χ1) is 3.15. The molecule has 4 nitrogen and oxygen atoms in total. The SMILES string of the molecule is CC(C)O.[N-]=[N+]=[N-].[Na+]. The normalized spacial score (nSPS) is 5.50. The summed E-state index contributed by atoms with van der Waals surface area (Å²) < 4.78 is 0. The van der Waals surface area contributed by atoms with Gasteiger partial charge in [0.2, 0.25) is 0 Å². The second-order valence-corrected chi connectivity index (χ2v) is 1.18. The second-order valence-electron chi connectivity index (χ2n) is 1.18. The minimum absolute atomic E-state index is 0. The molecule has 0 bridgehead atoms. The minimum atomic E-state index is -0.167. The van der Waals surface area contributed by atoms with Gasteiger partial charge in [-0.2, -0.15) is 0 Å². The summed E-state index contributed by atoms with van der Waals surface area (Å²) in [5.74, 6) is 0. The van der Waals surface area contributed by atoms with Gasteiger partial charge in [0.1, 0.15) is 0 Å². The Kier molecular flexibility index (Phi) is 30.8. The monoisotopic (exact) mass is 125 g/mol. The van der Waals surface area contributed by atoms with Crippen molar-refractivity contribution in [1.29, 1.82) is 0 Å². The largest absolute Gasteiger partial charge is 1.00 e. The summed E-state index contributed by atoms with van der Waals surface area (Å²) in [4.78, 5) is 1.50. The Hall–Kier alpha value is 0.270. The zero-order chi connectivity index (χ0) is 6.28. The molecule has 0 amide bonds. The maximum absolute atomic E-state index is 8.06. The van der Waals surface area contributed by atoms with Gasteiger partial charge in [0.05, 0.1) is 0 Å². The summed E-state index contributed by atoms with van der Waals surface area (Å²) in [6, 6.07) is 0. The number of hydrogen-bond acceptors (Lipinski definition) is 1. The molecule has 0 atom stereocenters. The Morgan fingerprint density at radius 3 is 1.38 bits per heavy atom. The average Bonchev–Trinajstić information content (AvgIpc) is 1.33. The average molecular weight is 125 g/mol. The van der Waals surface area contributed by atoms with E-state index in [0.29, 0.717) is 0 Å². The van der Waals surface area contributed by atoms with E-state index < -0.39 is 0 Å². The van der Waals surface area contributed by atoms with Crippen molar-refractivity contribution in [3.63, 3.8) is 0 Å². The van der Waals surface area contributed by atoms with Crippen molar-refractivity contribution in [2.45, 2.75) is 20.0 Å².